The second kappa shape index (κ2) is 6.77. The van der Waals surface area contributed by atoms with Crippen LogP contribution in [0.2, 0.25) is 0 Å². The molecule has 0 spiro atoms. The Kier molecular flexibility index (Phi) is 5.65. The summed E-state index contributed by atoms with van der Waals surface area (Å²) in [6, 6.07) is 8.42. The summed E-state index contributed by atoms with van der Waals surface area (Å²) in [7, 11) is -3.06. The number of rotatable bonds is 7. The van der Waals surface area contributed by atoms with Crippen molar-refractivity contribution in [3.63, 3.8) is 0 Å². The molecule has 0 saturated carbocycles. The summed E-state index contributed by atoms with van der Waals surface area (Å²) in [4.78, 5) is 0. The van der Waals surface area contributed by atoms with Gasteiger partial charge in [0.15, 0.2) is 0 Å². The van der Waals surface area contributed by atoms with Gasteiger partial charge in [-0.15, -0.1) is 0 Å². The molecule has 0 heterocycles. The van der Waals surface area contributed by atoms with E-state index in [2.05, 4.69) is 35.9 Å². The van der Waals surface area contributed by atoms with Gasteiger partial charge in [-0.2, -0.15) is 0 Å². The van der Waals surface area contributed by atoms with Gasteiger partial charge in [0.05, 0.1) is 6.26 Å². The zero-order valence-corrected chi connectivity index (χ0v) is 11.4. The molecule has 0 aliphatic carbocycles. The fraction of sp³-hybridized carbons (Fsp3) is 0.538. The standard InChI is InChI=1S/C13H21NO2S/c1-3-4-5-12-6-8-13(9-7-12)10-11-14-17(2,15)16/h6-9,14H,3-5,10-11H2,1-2H3. The minimum atomic E-state index is -3.06. The normalized spacial score (nSPS) is 11.6. The Bertz CT molecular complexity index is 423. The number of hydrogen-bond donors (Lipinski definition) is 1. The molecule has 0 aliphatic heterocycles. The van der Waals surface area contributed by atoms with E-state index in [1.807, 2.05) is 0 Å². The van der Waals surface area contributed by atoms with Crippen LogP contribution in [0.25, 0.3) is 0 Å². The molecule has 0 radical (unpaired) electrons. The highest BCUT2D eigenvalue weighted by Gasteiger charge is 2.00. The van der Waals surface area contributed by atoms with Crippen LogP contribution in [0.5, 0.6) is 0 Å². The van der Waals surface area contributed by atoms with Gasteiger partial charge < -0.3 is 0 Å². The Balaban J connectivity index is 2.40. The molecule has 0 amide bonds. The lowest BCUT2D eigenvalue weighted by Gasteiger charge is -2.04. The maximum atomic E-state index is 10.9. The first-order valence-electron chi connectivity index (χ1n) is 6.03. The lowest BCUT2D eigenvalue weighted by Crippen LogP contribution is -2.24. The molecule has 0 aromatic heterocycles. The van der Waals surface area contributed by atoms with E-state index in [-0.39, 0.29) is 0 Å². The predicted molar refractivity (Wildman–Crippen MR) is 71.6 cm³/mol. The molecule has 1 N–H and O–H groups in total. The van der Waals surface area contributed by atoms with Crippen molar-refractivity contribution in [2.24, 2.45) is 0 Å². The van der Waals surface area contributed by atoms with Crippen molar-refractivity contribution in [3.05, 3.63) is 35.4 Å². The topological polar surface area (TPSA) is 46.2 Å². The molecule has 1 aromatic carbocycles. The van der Waals surface area contributed by atoms with Crippen LogP contribution in [0.3, 0.4) is 0 Å². The van der Waals surface area contributed by atoms with Gasteiger partial charge in [-0.05, 0) is 30.4 Å². The molecule has 0 atom stereocenters. The van der Waals surface area contributed by atoms with E-state index in [9.17, 15) is 8.42 Å². The van der Waals surface area contributed by atoms with Gasteiger partial charge in [0.25, 0.3) is 0 Å². The molecule has 1 rings (SSSR count). The molecule has 3 nitrogen and oxygen atoms in total. The van der Waals surface area contributed by atoms with Crippen LogP contribution in [0, 0.1) is 0 Å². The van der Waals surface area contributed by atoms with Crippen molar-refractivity contribution < 1.29 is 8.42 Å². The van der Waals surface area contributed by atoms with E-state index in [1.165, 1.54) is 30.2 Å². The number of unbranched alkanes of at least 4 members (excludes halogenated alkanes) is 1. The second-order valence-electron chi connectivity index (χ2n) is 4.34. The highest BCUT2D eigenvalue weighted by molar-refractivity contribution is 7.88. The maximum absolute atomic E-state index is 10.9. The zero-order valence-electron chi connectivity index (χ0n) is 10.6. The van der Waals surface area contributed by atoms with Crippen LogP contribution in [0.15, 0.2) is 24.3 Å². The Labute approximate surface area is 104 Å². The summed E-state index contributed by atoms with van der Waals surface area (Å²) >= 11 is 0. The van der Waals surface area contributed by atoms with E-state index in [0.29, 0.717) is 6.54 Å². The summed E-state index contributed by atoms with van der Waals surface area (Å²) in [6.07, 6.45) is 5.47. The Morgan fingerprint density at radius 2 is 1.59 bits per heavy atom. The lowest BCUT2D eigenvalue weighted by molar-refractivity contribution is 0.588. The van der Waals surface area contributed by atoms with E-state index in [4.69, 9.17) is 0 Å². The van der Waals surface area contributed by atoms with E-state index < -0.39 is 10.0 Å². The van der Waals surface area contributed by atoms with Crippen LogP contribution in [-0.2, 0) is 22.9 Å². The molecule has 17 heavy (non-hydrogen) atoms. The lowest BCUT2D eigenvalue weighted by atomic mass is 10.1. The highest BCUT2D eigenvalue weighted by Crippen LogP contribution is 2.08. The van der Waals surface area contributed by atoms with Gasteiger partial charge in [0, 0.05) is 6.54 Å². The smallest absolute Gasteiger partial charge is 0.208 e. The molecule has 96 valence electrons. The van der Waals surface area contributed by atoms with Crippen LogP contribution in [-0.4, -0.2) is 21.2 Å². The molecule has 0 saturated heterocycles. The SMILES string of the molecule is CCCCc1ccc(CCNS(C)(=O)=O)cc1. The quantitative estimate of drug-likeness (QED) is 0.811. The van der Waals surface area contributed by atoms with Crippen LogP contribution >= 0.6 is 0 Å². The van der Waals surface area contributed by atoms with Crippen molar-refractivity contribution in [2.75, 3.05) is 12.8 Å². The third-order valence-electron chi connectivity index (χ3n) is 2.62. The van der Waals surface area contributed by atoms with Crippen LogP contribution in [0.4, 0.5) is 0 Å². The first-order chi connectivity index (χ1) is 8.01. The third-order valence-corrected chi connectivity index (χ3v) is 3.35. The first kappa shape index (κ1) is 14.2. The first-order valence-corrected chi connectivity index (χ1v) is 7.93. The van der Waals surface area contributed by atoms with E-state index in [1.54, 1.807) is 0 Å². The Hall–Kier alpha value is -0.870. The molecule has 0 fully saturated rings. The number of benzene rings is 1. The summed E-state index contributed by atoms with van der Waals surface area (Å²) in [5, 5.41) is 0. The number of nitrogens with one attached hydrogen (secondary N) is 1. The minimum absolute atomic E-state index is 0.465. The van der Waals surface area contributed by atoms with Crippen molar-refractivity contribution in [1.29, 1.82) is 0 Å². The van der Waals surface area contributed by atoms with Gasteiger partial charge in [-0.3, -0.25) is 0 Å². The predicted octanol–water partition coefficient (Wildman–Crippen LogP) is 2.12. The van der Waals surface area contributed by atoms with Gasteiger partial charge in [-0.1, -0.05) is 37.6 Å². The Morgan fingerprint density at radius 3 is 2.06 bits per heavy atom. The van der Waals surface area contributed by atoms with Gasteiger partial charge >= 0.3 is 0 Å². The van der Waals surface area contributed by atoms with E-state index in [0.717, 1.165) is 12.8 Å². The number of hydrogen-bond acceptors (Lipinski definition) is 2. The summed E-state index contributed by atoms with van der Waals surface area (Å²) in [5.74, 6) is 0. The monoisotopic (exact) mass is 255 g/mol. The molecule has 4 heteroatoms. The third kappa shape index (κ3) is 6.44. The minimum Gasteiger partial charge on any atom is -0.215 e. The largest absolute Gasteiger partial charge is 0.215 e. The molecular weight excluding hydrogens is 234 g/mol. The molecule has 0 unspecified atom stereocenters. The highest BCUT2D eigenvalue weighted by atomic mass is 32.2. The fourth-order valence-corrected chi connectivity index (χ4v) is 2.11. The van der Waals surface area contributed by atoms with E-state index >= 15 is 0 Å². The van der Waals surface area contributed by atoms with Crippen LogP contribution in [0.1, 0.15) is 30.9 Å². The van der Waals surface area contributed by atoms with Crippen LogP contribution < -0.4 is 4.72 Å². The number of sulfonamides is 1. The number of aryl methyl sites for hydroxylation is 1. The Morgan fingerprint density at radius 1 is 1.06 bits per heavy atom. The van der Waals surface area contributed by atoms with Crippen molar-refractivity contribution in [2.45, 2.75) is 32.6 Å². The average Bonchev–Trinajstić information content (AvgIpc) is 2.26. The summed E-state index contributed by atoms with van der Waals surface area (Å²) in [6.45, 7) is 2.65. The average molecular weight is 255 g/mol. The van der Waals surface area contributed by atoms with Gasteiger partial charge in [0.2, 0.25) is 10.0 Å². The summed E-state index contributed by atoms with van der Waals surface area (Å²) < 4.78 is 24.3. The zero-order chi connectivity index (χ0) is 12.7. The molecule has 1 aromatic rings. The van der Waals surface area contributed by atoms with Crippen molar-refractivity contribution in [1.82, 2.24) is 4.72 Å². The van der Waals surface area contributed by atoms with Gasteiger partial charge in [-0.25, -0.2) is 13.1 Å². The maximum Gasteiger partial charge on any atom is 0.208 e. The molecule has 0 aliphatic rings. The molecular formula is C13H21NO2S. The molecule has 0 bridgehead atoms. The second-order valence-corrected chi connectivity index (χ2v) is 6.17. The summed E-state index contributed by atoms with van der Waals surface area (Å²) in [5.41, 5.74) is 2.52. The van der Waals surface area contributed by atoms with Gasteiger partial charge in [0.1, 0.15) is 0 Å². The van der Waals surface area contributed by atoms with Crippen molar-refractivity contribution in [3.8, 4) is 0 Å². The fourth-order valence-electron chi connectivity index (χ4n) is 1.63. The van der Waals surface area contributed by atoms with Crippen molar-refractivity contribution >= 4 is 10.0 Å².